The Bertz CT molecular complexity index is 703. The smallest absolute Gasteiger partial charge is 0.475 e. The van der Waals surface area contributed by atoms with Crippen molar-refractivity contribution in [1.82, 2.24) is 5.32 Å². The molecule has 1 amide bonds. The van der Waals surface area contributed by atoms with E-state index < -0.39 is 30.7 Å². The van der Waals surface area contributed by atoms with Crippen molar-refractivity contribution < 1.29 is 29.9 Å². The first kappa shape index (κ1) is 17.0. The molecule has 1 aromatic heterocycles. The maximum absolute atomic E-state index is 12.0. The largest absolute Gasteiger partial charge is 0.507 e. The van der Waals surface area contributed by atoms with Gasteiger partial charge < -0.3 is 25.6 Å². The summed E-state index contributed by atoms with van der Waals surface area (Å²) in [5.41, 5.74) is -0.104. The van der Waals surface area contributed by atoms with E-state index in [2.05, 4.69) is 5.32 Å². The molecule has 9 heteroatoms. The van der Waals surface area contributed by atoms with Gasteiger partial charge in [-0.3, -0.25) is 4.79 Å². The zero-order valence-electron chi connectivity index (χ0n) is 11.8. The van der Waals surface area contributed by atoms with Gasteiger partial charge >= 0.3 is 13.1 Å². The average Bonchev–Trinajstić information content (AvgIpc) is 3.02. The quantitative estimate of drug-likeness (QED) is 0.490. The second-order valence-corrected chi connectivity index (χ2v) is 5.74. The second-order valence-electron chi connectivity index (χ2n) is 4.79. The Hall–Kier alpha value is -2.36. The summed E-state index contributed by atoms with van der Waals surface area (Å²) in [6.07, 6.45) is -0.137. The molecular formula is C14H14BNO6S. The number of carboxylic acid groups (broad SMARTS) is 1. The van der Waals surface area contributed by atoms with E-state index in [1.54, 1.807) is 17.5 Å². The van der Waals surface area contributed by atoms with Gasteiger partial charge in [0.2, 0.25) is 0 Å². The molecule has 2 aromatic rings. The van der Waals surface area contributed by atoms with E-state index in [-0.39, 0.29) is 17.5 Å². The maximum Gasteiger partial charge on any atom is 0.475 e. The normalized spacial score (nSPS) is 11.7. The fourth-order valence-corrected chi connectivity index (χ4v) is 2.67. The molecule has 1 unspecified atom stereocenters. The Labute approximate surface area is 136 Å². The summed E-state index contributed by atoms with van der Waals surface area (Å²) in [5, 5.41) is 42.0. The topological polar surface area (TPSA) is 127 Å². The number of aromatic carboxylic acids is 1. The van der Waals surface area contributed by atoms with Crippen molar-refractivity contribution in [3.63, 3.8) is 0 Å². The van der Waals surface area contributed by atoms with Crippen molar-refractivity contribution >= 4 is 30.3 Å². The number of carboxylic acids is 1. The van der Waals surface area contributed by atoms with Crippen molar-refractivity contribution in [2.75, 3.05) is 0 Å². The van der Waals surface area contributed by atoms with Crippen molar-refractivity contribution in [3.05, 3.63) is 51.7 Å². The van der Waals surface area contributed by atoms with Crippen molar-refractivity contribution in [1.29, 1.82) is 0 Å². The highest BCUT2D eigenvalue weighted by atomic mass is 32.1. The lowest BCUT2D eigenvalue weighted by atomic mass is 9.75. The minimum absolute atomic E-state index is 0.137. The number of aromatic hydroxyl groups is 1. The van der Waals surface area contributed by atoms with E-state index in [0.29, 0.717) is 4.88 Å². The van der Waals surface area contributed by atoms with Crippen LogP contribution in [0, 0.1) is 0 Å². The Morgan fingerprint density at radius 3 is 2.52 bits per heavy atom. The molecule has 0 radical (unpaired) electrons. The molecule has 0 saturated carbocycles. The number of hydrogen-bond donors (Lipinski definition) is 5. The van der Waals surface area contributed by atoms with E-state index in [9.17, 15) is 24.7 Å². The third-order valence-electron chi connectivity index (χ3n) is 3.21. The number of phenols is 1. The zero-order chi connectivity index (χ0) is 17.0. The van der Waals surface area contributed by atoms with Crippen LogP contribution in [0.5, 0.6) is 5.75 Å². The summed E-state index contributed by atoms with van der Waals surface area (Å²) in [4.78, 5) is 23.4. The summed E-state index contributed by atoms with van der Waals surface area (Å²) in [6.45, 7) is 0. The predicted octanol–water partition coefficient (Wildman–Crippen LogP) is 0.505. The molecule has 0 spiro atoms. The maximum atomic E-state index is 12.0. The molecule has 1 aromatic carbocycles. The highest BCUT2D eigenvalue weighted by molar-refractivity contribution is 7.12. The summed E-state index contributed by atoms with van der Waals surface area (Å²) in [6, 6.07) is 7.39. The predicted molar refractivity (Wildman–Crippen MR) is 84.5 cm³/mol. The van der Waals surface area contributed by atoms with Crippen LogP contribution in [0.15, 0.2) is 35.7 Å². The lowest BCUT2D eigenvalue weighted by molar-refractivity contribution is 0.0693. The van der Waals surface area contributed by atoms with E-state index >= 15 is 0 Å². The van der Waals surface area contributed by atoms with Crippen molar-refractivity contribution in [2.45, 2.75) is 12.4 Å². The molecule has 1 atom stereocenters. The summed E-state index contributed by atoms with van der Waals surface area (Å²) in [7, 11) is -1.87. The van der Waals surface area contributed by atoms with Gasteiger partial charge in [0.05, 0.1) is 10.8 Å². The van der Waals surface area contributed by atoms with Gasteiger partial charge in [-0.1, -0.05) is 18.2 Å². The number of carbonyl (C=O) groups is 2. The molecule has 7 nitrogen and oxygen atoms in total. The number of thiophene rings is 1. The Morgan fingerprint density at radius 2 is 1.96 bits per heavy atom. The number of para-hydroxylation sites is 1. The third-order valence-corrected chi connectivity index (χ3v) is 4.08. The molecule has 0 aliphatic rings. The van der Waals surface area contributed by atoms with E-state index in [1.165, 1.54) is 29.5 Å². The minimum Gasteiger partial charge on any atom is -0.507 e. The van der Waals surface area contributed by atoms with Crippen molar-refractivity contribution in [2.24, 2.45) is 0 Å². The minimum atomic E-state index is -1.87. The van der Waals surface area contributed by atoms with E-state index in [4.69, 9.17) is 5.11 Å². The SMILES string of the molecule is O=C(NC(Cc1cccc(C(=O)O)c1O)B(O)O)c1cccs1. The summed E-state index contributed by atoms with van der Waals surface area (Å²) < 4.78 is 0. The number of hydrogen-bond acceptors (Lipinski definition) is 6. The van der Waals surface area contributed by atoms with Gasteiger partial charge in [-0.15, -0.1) is 11.3 Å². The molecule has 0 bridgehead atoms. The van der Waals surface area contributed by atoms with Crippen LogP contribution in [0.1, 0.15) is 25.6 Å². The Kier molecular flexibility index (Phi) is 5.38. The van der Waals surface area contributed by atoms with Crippen LogP contribution < -0.4 is 5.32 Å². The lowest BCUT2D eigenvalue weighted by Crippen LogP contribution is -2.47. The summed E-state index contributed by atoms with van der Waals surface area (Å²) >= 11 is 1.20. The molecule has 0 saturated heterocycles. The molecule has 1 heterocycles. The van der Waals surface area contributed by atoms with E-state index in [1.807, 2.05) is 0 Å². The van der Waals surface area contributed by atoms with Crippen LogP contribution in [0.3, 0.4) is 0 Å². The van der Waals surface area contributed by atoms with Crippen LogP contribution in [-0.2, 0) is 6.42 Å². The molecule has 0 aliphatic heterocycles. The van der Waals surface area contributed by atoms with Crippen LogP contribution in [-0.4, -0.2) is 45.2 Å². The standard InChI is InChI=1S/C14H14BNO6S/c17-12-8(3-1-4-9(12)14(19)20)7-11(15(21)22)16-13(18)10-5-2-6-23-10/h1-6,11,17,21-22H,7H2,(H,16,18)(H,19,20). The summed E-state index contributed by atoms with van der Waals surface area (Å²) in [5.74, 6) is -3.34. The van der Waals surface area contributed by atoms with Crippen molar-refractivity contribution in [3.8, 4) is 5.75 Å². The van der Waals surface area contributed by atoms with Gasteiger partial charge in [-0.25, -0.2) is 4.79 Å². The third kappa shape index (κ3) is 4.10. The van der Waals surface area contributed by atoms with E-state index in [0.717, 1.165) is 0 Å². The molecule has 0 aliphatic carbocycles. The first-order valence-electron chi connectivity index (χ1n) is 6.64. The van der Waals surface area contributed by atoms with Gasteiger partial charge in [0.25, 0.3) is 5.91 Å². The molecule has 120 valence electrons. The molecule has 23 heavy (non-hydrogen) atoms. The Balaban J connectivity index is 2.19. The second kappa shape index (κ2) is 7.27. The molecular weight excluding hydrogens is 321 g/mol. The van der Waals surface area contributed by atoms with Gasteiger partial charge in [0.15, 0.2) is 0 Å². The van der Waals surface area contributed by atoms with Gasteiger partial charge in [-0.2, -0.15) is 0 Å². The number of nitrogens with one attached hydrogen (secondary N) is 1. The average molecular weight is 335 g/mol. The van der Waals surface area contributed by atoms with Crippen LogP contribution in [0.4, 0.5) is 0 Å². The number of benzene rings is 1. The fourth-order valence-electron chi connectivity index (χ4n) is 2.04. The Morgan fingerprint density at radius 1 is 1.22 bits per heavy atom. The van der Waals surface area contributed by atoms with Crippen LogP contribution in [0.25, 0.3) is 0 Å². The number of rotatable bonds is 6. The molecule has 5 N–H and O–H groups in total. The zero-order valence-corrected chi connectivity index (χ0v) is 12.7. The fraction of sp³-hybridized carbons (Fsp3) is 0.143. The van der Waals surface area contributed by atoms with Crippen LogP contribution >= 0.6 is 11.3 Å². The number of carbonyl (C=O) groups excluding carboxylic acids is 1. The van der Waals surface area contributed by atoms with Gasteiger partial charge in [-0.05, 0) is 29.5 Å². The highest BCUT2D eigenvalue weighted by Crippen LogP contribution is 2.24. The molecule has 0 fully saturated rings. The monoisotopic (exact) mass is 335 g/mol. The van der Waals surface area contributed by atoms with Gasteiger partial charge in [0.1, 0.15) is 11.3 Å². The molecule has 2 rings (SSSR count). The lowest BCUT2D eigenvalue weighted by Gasteiger charge is -2.18. The highest BCUT2D eigenvalue weighted by Gasteiger charge is 2.28. The van der Waals surface area contributed by atoms with Crippen LogP contribution in [0.2, 0.25) is 0 Å². The van der Waals surface area contributed by atoms with Gasteiger partial charge in [0, 0.05) is 0 Å². The first-order chi connectivity index (χ1) is 10.9. The first-order valence-corrected chi connectivity index (χ1v) is 7.52. The number of amides is 1.